The molecule has 1 aromatic carbocycles. The molecule has 2 aromatic rings. The van der Waals surface area contributed by atoms with Gasteiger partial charge < -0.3 is 25.0 Å². The predicted molar refractivity (Wildman–Crippen MR) is 109 cm³/mol. The number of rotatable bonds is 5. The van der Waals surface area contributed by atoms with Crippen LogP contribution >= 0.6 is 0 Å². The van der Waals surface area contributed by atoms with Gasteiger partial charge in [0.2, 0.25) is 11.4 Å². The van der Waals surface area contributed by atoms with Crippen LogP contribution in [0, 0.1) is 5.92 Å². The lowest BCUT2D eigenvalue weighted by molar-refractivity contribution is -0.0550. The molecule has 7 nitrogen and oxygen atoms in total. The number of hydrogen-bond acceptors (Lipinski definition) is 5. The van der Waals surface area contributed by atoms with Gasteiger partial charge in [-0.2, -0.15) is 0 Å². The third-order valence-corrected chi connectivity index (χ3v) is 6.25. The van der Waals surface area contributed by atoms with Gasteiger partial charge in [-0.05, 0) is 25.5 Å². The summed E-state index contributed by atoms with van der Waals surface area (Å²) < 4.78 is 48.6. The number of methoxy groups -OCH3 is 1. The molecule has 0 spiro atoms. The number of anilines is 1. The normalized spacial score (nSPS) is 26.2. The predicted octanol–water partition coefficient (Wildman–Crippen LogP) is 2.80. The second kappa shape index (κ2) is 7.44. The van der Waals surface area contributed by atoms with Crippen LogP contribution in [0.1, 0.15) is 36.2 Å². The molecule has 0 radical (unpaired) electrons. The molecule has 3 N–H and O–H groups in total. The maximum absolute atomic E-state index is 13.9. The highest BCUT2D eigenvalue weighted by atomic mass is 19.3. The van der Waals surface area contributed by atoms with Crippen LogP contribution in [0.5, 0.6) is 5.75 Å². The van der Waals surface area contributed by atoms with E-state index in [-0.39, 0.29) is 36.0 Å². The number of halogens is 3. The number of aromatic carboxylic acids is 1. The van der Waals surface area contributed by atoms with Gasteiger partial charge in [0, 0.05) is 37.7 Å². The molecule has 2 aliphatic rings. The number of nitrogens with two attached hydrogens (primary N) is 1. The lowest BCUT2D eigenvalue weighted by Gasteiger charge is -2.40. The minimum atomic E-state index is -2.89. The van der Waals surface area contributed by atoms with Crippen LogP contribution < -0.4 is 20.8 Å². The summed E-state index contributed by atoms with van der Waals surface area (Å²) in [4.78, 5) is 26.1. The van der Waals surface area contributed by atoms with E-state index in [4.69, 9.17) is 10.5 Å². The molecule has 2 fully saturated rings. The van der Waals surface area contributed by atoms with Crippen LogP contribution in [0.4, 0.5) is 18.9 Å². The molecule has 0 amide bonds. The van der Waals surface area contributed by atoms with E-state index in [1.165, 1.54) is 17.7 Å². The minimum Gasteiger partial charge on any atom is -0.492 e. The van der Waals surface area contributed by atoms with Crippen molar-refractivity contribution < 1.29 is 27.8 Å². The molecule has 0 unspecified atom stereocenters. The zero-order chi connectivity index (χ0) is 22.7. The maximum atomic E-state index is 13.9. The van der Waals surface area contributed by atoms with Gasteiger partial charge >= 0.3 is 5.97 Å². The quantitative estimate of drug-likeness (QED) is 0.744. The van der Waals surface area contributed by atoms with E-state index in [1.54, 1.807) is 6.07 Å². The Labute approximate surface area is 176 Å². The highest BCUT2D eigenvalue weighted by Crippen LogP contribution is 2.45. The lowest BCUT2D eigenvalue weighted by atomic mass is 9.87. The molecule has 4 rings (SSSR count). The zero-order valence-corrected chi connectivity index (χ0v) is 17.1. The van der Waals surface area contributed by atoms with Crippen molar-refractivity contribution in [3.63, 3.8) is 0 Å². The molecule has 1 saturated carbocycles. The number of hydrogen-bond donors (Lipinski definition) is 2. The SMILES string of the molecule is COc1c(N2CC[C@@H](C(C)(F)F)[C@H](N)C2)ccc2c(=O)c(C(=O)O)cn([C@@H]3C[C@@H]3F)c12. The van der Waals surface area contributed by atoms with E-state index in [0.717, 1.165) is 13.1 Å². The topological polar surface area (TPSA) is 97.8 Å². The highest BCUT2D eigenvalue weighted by molar-refractivity contribution is 5.97. The molecule has 4 atom stereocenters. The summed E-state index contributed by atoms with van der Waals surface area (Å²) in [6, 6.07) is 1.69. The third kappa shape index (κ3) is 3.62. The fraction of sp³-hybridized carbons (Fsp3) is 0.524. The van der Waals surface area contributed by atoms with Crippen molar-refractivity contribution in [3.8, 4) is 5.75 Å². The first kappa shape index (κ1) is 21.5. The van der Waals surface area contributed by atoms with Gasteiger partial charge in [0.1, 0.15) is 11.7 Å². The standard InChI is InChI=1S/C21H24F3N3O4/c1-21(23,24)12-5-6-26(9-14(12)25)15-4-3-10-17(19(15)31-2)27(16-7-13(16)22)8-11(18(10)28)20(29)30/h3-4,8,12-14,16H,5-7,9,25H2,1-2H3,(H,29,30)/t12-,13+,14-,16-/m1/s1. The number of ether oxygens (including phenoxy) is 1. The zero-order valence-electron chi connectivity index (χ0n) is 17.1. The molecule has 168 valence electrons. The summed E-state index contributed by atoms with van der Waals surface area (Å²) in [5, 5.41) is 9.50. The van der Waals surface area contributed by atoms with Crippen molar-refractivity contribution in [1.29, 1.82) is 0 Å². The minimum absolute atomic E-state index is 0.0962. The smallest absolute Gasteiger partial charge is 0.341 e. The summed E-state index contributed by atoms with van der Waals surface area (Å²) in [6.45, 7) is 1.32. The van der Waals surface area contributed by atoms with Crippen molar-refractivity contribution in [2.24, 2.45) is 11.7 Å². The van der Waals surface area contributed by atoms with Gasteiger partial charge in [-0.15, -0.1) is 0 Å². The second-order valence-corrected chi connectivity index (χ2v) is 8.38. The van der Waals surface area contributed by atoms with E-state index in [1.807, 2.05) is 4.90 Å². The van der Waals surface area contributed by atoms with Crippen LogP contribution in [0.15, 0.2) is 23.1 Å². The van der Waals surface area contributed by atoms with Crippen molar-refractivity contribution in [2.45, 2.75) is 43.9 Å². The van der Waals surface area contributed by atoms with Gasteiger partial charge in [0.25, 0.3) is 0 Å². The van der Waals surface area contributed by atoms with Gasteiger partial charge in [-0.25, -0.2) is 18.0 Å². The van der Waals surface area contributed by atoms with E-state index in [2.05, 4.69) is 0 Å². The van der Waals surface area contributed by atoms with Gasteiger partial charge in [0.05, 0.1) is 29.7 Å². The first-order valence-corrected chi connectivity index (χ1v) is 10.1. The highest BCUT2D eigenvalue weighted by Gasteiger charge is 2.43. The van der Waals surface area contributed by atoms with Crippen molar-refractivity contribution in [1.82, 2.24) is 4.57 Å². The van der Waals surface area contributed by atoms with Crippen LogP contribution in [0.3, 0.4) is 0 Å². The van der Waals surface area contributed by atoms with Crippen LogP contribution in [0.25, 0.3) is 10.9 Å². The van der Waals surface area contributed by atoms with Crippen LogP contribution in [0.2, 0.25) is 0 Å². The number of carboxylic acids is 1. The lowest BCUT2D eigenvalue weighted by Crippen LogP contribution is -2.53. The Morgan fingerprint density at radius 1 is 1.35 bits per heavy atom. The molecule has 1 aliphatic carbocycles. The number of piperidine rings is 1. The summed E-state index contributed by atoms with van der Waals surface area (Å²) in [5.74, 6) is -4.98. The Morgan fingerprint density at radius 2 is 2.03 bits per heavy atom. The van der Waals surface area contributed by atoms with E-state index >= 15 is 0 Å². The number of benzene rings is 1. The fourth-order valence-electron chi connectivity index (χ4n) is 4.54. The molecule has 2 heterocycles. The van der Waals surface area contributed by atoms with Crippen molar-refractivity contribution in [2.75, 3.05) is 25.1 Å². The second-order valence-electron chi connectivity index (χ2n) is 8.38. The average molecular weight is 439 g/mol. The summed E-state index contributed by atoms with van der Waals surface area (Å²) in [7, 11) is 1.39. The Balaban J connectivity index is 1.85. The molecular weight excluding hydrogens is 415 g/mol. The number of carbonyl (C=O) groups is 1. The molecule has 1 saturated heterocycles. The Hall–Kier alpha value is -2.75. The van der Waals surface area contributed by atoms with E-state index in [0.29, 0.717) is 12.2 Å². The van der Waals surface area contributed by atoms with Gasteiger partial charge in [-0.1, -0.05) is 0 Å². The first-order valence-electron chi connectivity index (χ1n) is 10.1. The number of fused-ring (bicyclic) bond motifs is 1. The van der Waals surface area contributed by atoms with Gasteiger partial charge in [0.15, 0.2) is 5.75 Å². The van der Waals surface area contributed by atoms with Crippen LogP contribution in [-0.2, 0) is 0 Å². The summed E-state index contributed by atoms with van der Waals surface area (Å²) in [5.41, 5.74) is 5.73. The number of nitrogens with zero attached hydrogens (tertiary/aromatic N) is 2. The van der Waals surface area contributed by atoms with E-state index in [9.17, 15) is 27.9 Å². The Morgan fingerprint density at radius 3 is 2.55 bits per heavy atom. The molecule has 31 heavy (non-hydrogen) atoms. The Kier molecular flexibility index (Phi) is 5.15. The molecule has 0 bridgehead atoms. The summed E-state index contributed by atoms with van der Waals surface area (Å²) in [6.07, 6.45) is 0.369. The molecule has 1 aromatic heterocycles. The van der Waals surface area contributed by atoms with Crippen molar-refractivity contribution in [3.05, 3.63) is 34.1 Å². The number of carboxylic acid groups (broad SMARTS) is 1. The summed E-state index contributed by atoms with van der Waals surface area (Å²) >= 11 is 0. The van der Waals surface area contributed by atoms with Gasteiger partial charge in [-0.3, -0.25) is 4.79 Å². The Bertz CT molecular complexity index is 1100. The average Bonchev–Trinajstić information content (AvgIpc) is 3.42. The van der Waals surface area contributed by atoms with E-state index < -0.39 is 47.1 Å². The number of alkyl halides is 3. The first-order chi connectivity index (χ1) is 14.5. The monoisotopic (exact) mass is 439 g/mol. The fourth-order valence-corrected chi connectivity index (χ4v) is 4.54. The molecule has 1 aliphatic heterocycles. The van der Waals surface area contributed by atoms with Crippen molar-refractivity contribution >= 4 is 22.6 Å². The van der Waals surface area contributed by atoms with Crippen LogP contribution in [-0.4, -0.2) is 54.0 Å². The molecule has 10 heteroatoms. The number of aromatic nitrogens is 1. The maximum Gasteiger partial charge on any atom is 0.341 e. The molecular formula is C21H24F3N3O4. The largest absolute Gasteiger partial charge is 0.492 e. The third-order valence-electron chi connectivity index (χ3n) is 6.25. The number of pyridine rings is 1.